The summed E-state index contributed by atoms with van der Waals surface area (Å²) >= 11 is 0. The third-order valence-electron chi connectivity index (χ3n) is 5.62. The van der Waals surface area contributed by atoms with Gasteiger partial charge in [0.2, 0.25) is 0 Å². The molecule has 1 N–H and O–H groups in total. The maximum absolute atomic E-state index is 5.17. The monoisotopic (exact) mass is 495 g/mol. The average molecular weight is 495 g/mol. The van der Waals surface area contributed by atoms with Crippen LogP contribution in [0.4, 0.5) is 0 Å². The van der Waals surface area contributed by atoms with E-state index in [2.05, 4.69) is 55.6 Å². The van der Waals surface area contributed by atoms with E-state index in [0.29, 0.717) is 5.92 Å². The fraction of sp³-hybridized carbons (Fsp3) is 0.524. The predicted molar refractivity (Wildman–Crippen MR) is 122 cm³/mol. The van der Waals surface area contributed by atoms with Crippen LogP contribution in [0.15, 0.2) is 45.9 Å². The Bertz CT molecular complexity index is 770. The second kappa shape index (κ2) is 9.73. The molecule has 0 spiro atoms. The van der Waals surface area contributed by atoms with Crippen molar-refractivity contribution in [1.82, 2.24) is 20.3 Å². The normalized spacial score (nSPS) is 22.6. The number of nitrogens with zero attached hydrogens (tertiary/aromatic N) is 4. The standard InChI is InChI=1S/C21H29N5O.HI/c1-16-12-19(24-27-16)15-25-8-10-26(11-9-25)21(22-2)23-14-18-13-20(18)17-6-4-3-5-7-17;/h3-7,12,18,20H,8-11,13-15H2,1-2H3,(H,22,23);1H. The molecule has 7 heteroatoms. The van der Waals surface area contributed by atoms with E-state index in [4.69, 9.17) is 4.52 Å². The number of hydrogen-bond donors (Lipinski definition) is 1. The van der Waals surface area contributed by atoms with Crippen LogP contribution in [0.3, 0.4) is 0 Å². The van der Waals surface area contributed by atoms with Crippen LogP contribution < -0.4 is 5.32 Å². The van der Waals surface area contributed by atoms with E-state index in [9.17, 15) is 0 Å². The van der Waals surface area contributed by atoms with E-state index in [1.807, 2.05) is 20.0 Å². The molecule has 2 unspecified atom stereocenters. The van der Waals surface area contributed by atoms with Crippen LogP contribution >= 0.6 is 24.0 Å². The first kappa shape index (κ1) is 21.1. The number of aryl methyl sites for hydroxylation is 1. The highest BCUT2D eigenvalue weighted by molar-refractivity contribution is 14.0. The van der Waals surface area contributed by atoms with Gasteiger partial charge in [-0.05, 0) is 30.7 Å². The molecule has 1 saturated heterocycles. The van der Waals surface area contributed by atoms with Gasteiger partial charge in [0.15, 0.2) is 5.96 Å². The lowest BCUT2D eigenvalue weighted by atomic mass is 10.1. The number of aromatic nitrogens is 1. The number of nitrogens with one attached hydrogen (secondary N) is 1. The first-order chi connectivity index (χ1) is 13.2. The number of hydrogen-bond acceptors (Lipinski definition) is 4. The molecule has 2 aromatic rings. The SMILES string of the molecule is CN=C(NCC1CC1c1ccccc1)N1CCN(Cc2cc(C)on2)CC1.I. The summed E-state index contributed by atoms with van der Waals surface area (Å²) in [7, 11) is 1.88. The molecule has 0 radical (unpaired) electrons. The van der Waals surface area contributed by atoms with Crippen molar-refractivity contribution in [3.63, 3.8) is 0 Å². The van der Waals surface area contributed by atoms with Gasteiger partial charge in [-0.15, -0.1) is 24.0 Å². The quantitative estimate of drug-likeness (QED) is 0.393. The summed E-state index contributed by atoms with van der Waals surface area (Å²) in [6.45, 7) is 7.81. The minimum atomic E-state index is 0. The van der Waals surface area contributed by atoms with E-state index >= 15 is 0 Å². The summed E-state index contributed by atoms with van der Waals surface area (Å²) in [6, 6.07) is 12.9. The Kier molecular flexibility index (Phi) is 7.34. The summed E-state index contributed by atoms with van der Waals surface area (Å²) < 4.78 is 5.17. The van der Waals surface area contributed by atoms with Gasteiger partial charge in [-0.3, -0.25) is 9.89 Å². The topological polar surface area (TPSA) is 56.9 Å². The summed E-state index contributed by atoms with van der Waals surface area (Å²) in [6.07, 6.45) is 1.28. The molecule has 152 valence electrons. The van der Waals surface area contributed by atoms with Crippen molar-refractivity contribution in [2.75, 3.05) is 39.8 Å². The Balaban J connectivity index is 0.00000225. The van der Waals surface area contributed by atoms with Crippen LogP contribution in [0.2, 0.25) is 0 Å². The molecule has 1 saturated carbocycles. The van der Waals surface area contributed by atoms with Crippen LogP contribution in [0.1, 0.15) is 29.4 Å². The predicted octanol–water partition coefficient (Wildman–Crippen LogP) is 3.10. The van der Waals surface area contributed by atoms with Gasteiger partial charge in [-0.2, -0.15) is 0 Å². The largest absolute Gasteiger partial charge is 0.361 e. The molecule has 1 aliphatic heterocycles. The average Bonchev–Trinajstić information content (AvgIpc) is 3.37. The highest BCUT2D eigenvalue weighted by atomic mass is 127. The van der Waals surface area contributed by atoms with Crippen molar-refractivity contribution in [1.29, 1.82) is 0 Å². The zero-order valence-corrected chi connectivity index (χ0v) is 19.0. The summed E-state index contributed by atoms with van der Waals surface area (Å²) in [5.41, 5.74) is 2.49. The van der Waals surface area contributed by atoms with Crippen molar-refractivity contribution < 1.29 is 4.52 Å². The minimum Gasteiger partial charge on any atom is -0.361 e. The van der Waals surface area contributed by atoms with Crippen molar-refractivity contribution in [3.05, 3.63) is 53.4 Å². The minimum absolute atomic E-state index is 0. The van der Waals surface area contributed by atoms with Gasteiger partial charge in [-0.1, -0.05) is 35.5 Å². The number of benzene rings is 1. The van der Waals surface area contributed by atoms with Crippen molar-refractivity contribution in [2.24, 2.45) is 10.9 Å². The van der Waals surface area contributed by atoms with Crippen LogP contribution in [-0.4, -0.2) is 60.7 Å². The molecule has 28 heavy (non-hydrogen) atoms. The van der Waals surface area contributed by atoms with Crippen LogP contribution in [-0.2, 0) is 6.54 Å². The summed E-state index contributed by atoms with van der Waals surface area (Å²) in [5.74, 6) is 3.34. The molecule has 6 nitrogen and oxygen atoms in total. The number of aliphatic imine (C=N–C) groups is 1. The lowest BCUT2D eigenvalue weighted by Gasteiger charge is -2.36. The van der Waals surface area contributed by atoms with Gasteiger partial charge in [-0.25, -0.2) is 0 Å². The third-order valence-corrected chi connectivity index (χ3v) is 5.62. The van der Waals surface area contributed by atoms with E-state index in [1.165, 1.54) is 12.0 Å². The van der Waals surface area contributed by atoms with E-state index in [-0.39, 0.29) is 24.0 Å². The molecular formula is C21H30IN5O. The zero-order valence-electron chi connectivity index (χ0n) is 16.7. The van der Waals surface area contributed by atoms with Crippen LogP contribution in [0, 0.1) is 12.8 Å². The number of halogens is 1. The maximum atomic E-state index is 5.17. The maximum Gasteiger partial charge on any atom is 0.193 e. The lowest BCUT2D eigenvalue weighted by Crippen LogP contribution is -2.52. The van der Waals surface area contributed by atoms with Gasteiger partial charge >= 0.3 is 0 Å². The molecule has 1 aliphatic carbocycles. The Morgan fingerprint density at radius 3 is 2.61 bits per heavy atom. The Labute approximate surface area is 184 Å². The van der Waals surface area contributed by atoms with Crippen molar-refractivity contribution in [2.45, 2.75) is 25.8 Å². The summed E-state index contributed by atoms with van der Waals surface area (Å²) in [5, 5.41) is 7.70. The van der Waals surface area contributed by atoms with Crippen LogP contribution in [0.5, 0.6) is 0 Å². The smallest absolute Gasteiger partial charge is 0.193 e. The molecule has 1 aromatic heterocycles. The zero-order chi connectivity index (χ0) is 18.6. The number of guanidine groups is 1. The molecule has 1 aromatic carbocycles. The van der Waals surface area contributed by atoms with Crippen molar-refractivity contribution >= 4 is 29.9 Å². The third kappa shape index (κ3) is 5.26. The van der Waals surface area contributed by atoms with Gasteiger partial charge in [0.1, 0.15) is 5.76 Å². The van der Waals surface area contributed by atoms with Crippen molar-refractivity contribution in [3.8, 4) is 0 Å². The molecule has 2 aliphatic rings. The number of rotatable bonds is 5. The van der Waals surface area contributed by atoms with E-state index < -0.39 is 0 Å². The first-order valence-electron chi connectivity index (χ1n) is 9.88. The lowest BCUT2D eigenvalue weighted by molar-refractivity contribution is 0.169. The second-order valence-electron chi connectivity index (χ2n) is 7.63. The highest BCUT2D eigenvalue weighted by Crippen LogP contribution is 2.46. The second-order valence-corrected chi connectivity index (χ2v) is 7.63. The van der Waals surface area contributed by atoms with Gasteiger partial charge < -0.3 is 14.7 Å². The van der Waals surface area contributed by atoms with Gasteiger partial charge in [0.05, 0.1) is 5.69 Å². The first-order valence-corrected chi connectivity index (χ1v) is 9.88. The van der Waals surface area contributed by atoms with Crippen LogP contribution in [0.25, 0.3) is 0 Å². The molecule has 0 bridgehead atoms. The fourth-order valence-corrected chi connectivity index (χ4v) is 3.98. The molecular weight excluding hydrogens is 465 g/mol. The fourth-order valence-electron chi connectivity index (χ4n) is 3.98. The Morgan fingerprint density at radius 1 is 1.21 bits per heavy atom. The van der Waals surface area contributed by atoms with Gasteiger partial charge in [0.25, 0.3) is 0 Å². The highest BCUT2D eigenvalue weighted by Gasteiger charge is 2.38. The molecule has 2 fully saturated rings. The Morgan fingerprint density at radius 2 is 1.96 bits per heavy atom. The molecule has 0 amide bonds. The molecule has 2 heterocycles. The number of piperazine rings is 1. The van der Waals surface area contributed by atoms with E-state index in [0.717, 1.165) is 62.6 Å². The molecule has 4 rings (SSSR count). The molecule has 2 atom stereocenters. The van der Waals surface area contributed by atoms with E-state index in [1.54, 1.807) is 0 Å². The Hall–Kier alpha value is -1.61. The van der Waals surface area contributed by atoms with Gasteiger partial charge in [0, 0.05) is 52.4 Å². The summed E-state index contributed by atoms with van der Waals surface area (Å²) in [4.78, 5) is 9.30.